The predicted molar refractivity (Wildman–Crippen MR) is 92.0 cm³/mol. The lowest BCUT2D eigenvalue weighted by Gasteiger charge is -2.13. The molecule has 7 nitrogen and oxygen atoms in total. The number of hydrogen-bond acceptors (Lipinski definition) is 6. The smallest absolute Gasteiger partial charge is 0.339 e. The van der Waals surface area contributed by atoms with Gasteiger partial charge in [0.2, 0.25) is 11.7 Å². The molecule has 0 saturated heterocycles. The van der Waals surface area contributed by atoms with Gasteiger partial charge in [0.1, 0.15) is 11.2 Å². The number of nitrogens with one attached hydrogen (secondary N) is 1. The minimum absolute atomic E-state index is 0.00745. The number of carbonyl (C=O) groups is 2. The summed E-state index contributed by atoms with van der Waals surface area (Å²) in [6.45, 7) is 1.34. The van der Waals surface area contributed by atoms with E-state index in [1.54, 1.807) is 0 Å². The van der Waals surface area contributed by atoms with Gasteiger partial charge in [-0.1, -0.05) is 11.6 Å². The second kappa shape index (κ2) is 7.54. The summed E-state index contributed by atoms with van der Waals surface area (Å²) in [6.07, 6.45) is 0.549. The molecule has 0 fully saturated rings. The van der Waals surface area contributed by atoms with E-state index in [2.05, 4.69) is 5.32 Å². The third kappa shape index (κ3) is 4.49. The molecular weight excluding hydrogens is 370 g/mol. The molecule has 0 atom stereocenters. The van der Waals surface area contributed by atoms with Crippen molar-refractivity contribution in [1.82, 2.24) is 0 Å². The van der Waals surface area contributed by atoms with Gasteiger partial charge in [-0.25, -0.2) is 0 Å². The van der Waals surface area contributed by atoms with Crippen LogP contribution in [0.2, 0.25) is 5.02 Å². The second-order valence-electron chi connectivity index (χ2n) is 4.89. The fourth-order valence-corrected chi connectivity index (χ4v) is 3.22. The van der Waals surface area contributed by atoms with Crippen LogP contribution >= 0.6 is 11.6 Å². The van der Waals surface area contributed by atoms with E-state index in [0.717, 1.165) is 0 Å². The zero-order chi connectivity index (χ0) is 18.6. The SMILES string of the molecule is COc1cc(C=O)cc(Cl)c1OS(=O)(=O)c1ccc(NC(C)=O)cc1. The van der Waals surface area contributed by atoms with Gasteiger partial charge in [-0.3, -0.25) is 9.59 Å². The number of aldehydes is 1. The van der Waals surface area contributed by atoms with Gasteiger partial charge in [-0.15, -0.1) is 0 Å². The summed E-state index contributed by atoms with van der Waals surface area (Å²) >= 11 is 5.99. The van der Waals surface area contributed by atoms with Crippen molar-refractivity contribution in [2.45, 2.75) is 11.8 Å². The van der Waals surface area contributed by atoms with Crippen LogP contribution in [0.1, 0.15) is 17.3 Å². The van der Waals surface area contributed by atoms with Crippen molar-refractivity contribution in [2.75, 3.05) is 12.4 Å². The van der Waals surface area contributed by atoms with Crippen LogP contribution in [0.4, 0.5) is 5.69 Å². The van der Waals surface area contributed by atoms with Crippen LogP contribution in [0.3, 0.4) is 0 Å². The van der Waals surface area contributed by atoms with Crippen LogP contribution < -0.4 is 14.2 Å². The van der Waals surface area contributed by atoms with Crippen molar-refractivity contribution in [2.24, 2.45) is 0 Å². The third-order valence-electron chi connectivity index (χ3n) is 3.04. The molecular formula is C16H14ClNO6S. The lowest BCUT2D eigenvalue weighted by molar-refractivity contribution is -0.114. The van der Waals surface area contributed by atoms with E-state index in [-0.39, 0.29) is 32.9 Å². The van der Waals surface area contributed by atoms with E-state index in [1.165, 1.54) is 50.4 Å². The molecule has 1 amide bonds. The Labute approximate surface area is 149 Å². The maximum absolute atomic E-state index is 12.4. The summed E-state index contributed by atoms with van der Waals surface area (Å²) in [5, 5.41) is 2.44. The van der Waals surface area contributed by atoms with Gasteiger partial charge in [0.25, 0.3) is 0 Å². The minimum atomic E-state index is -4.20. The molecule has 25 heavy (non-hydrogen) atoms. The van der Waals surface area contributed by atoms with Crippen molar-refractivity contribution in [3.8, 4) is 11.5 Å². The van der Waals surface area contributed by atoms with E-state index >= 15 is 0 Å². The Morgan fingerprint density at radius 2 is 1.84 bits per heavy atom. The van der Waals surface area contributed by atoms with Gasteiger partial charge >= 0.3 is 10.1 Å². The predicted octanol–water partition coefficient (Wildman–Crippen LogP) is 2.89. The standard InChI is InChI=1S/C16H14ClNO6S/c1-10(20)18-12-3-5-13(6-4-12)25(21,22)24-16-14(17)7-11(9-19)8-15(16)23-2/h3-9H,1-2H3,(H,18,20). The molecule has 0 bridgehead atoms. The average molecular weight is 384 g/mol. The van der Waals surface area contributed by atoms with E-state index in [4.69, 9.17) is 20.5 Å². The largest absolute Gasteiger partial charge is 0.493 e. The molecule has 0 saturated carbocycles. The Kier molecular flexibility index (Phi) is 5.66. The average Bonchev–Trinajstić information content (AvgIpc) is 2.56. The first-order valence-corrected chi connectivity index (χ1v) is 8.70. The van der Waals surface area contributed by atoms with Crippen LogP contribution in [0.15, 0.2) is 41.3 Å². The Morgan fingerprint density at radius 3 is 2.36 bits per heavy atom. The van der Waals surface area contributed by atoms with Crippen LogP contribution in [-0.4, -0.2) is 27.7 Å². The molecule has 1 N–H and O–H groups in total. The molecule has 0 aromatic heterocycles. The molecule has 0 aliphatic rings. The van der Waals surface area contributed by atoms with E-state index < -0.39 is 10.1 Å². The molecule has 0 unspecified atom stereocenters. The lowest BCUT2D eigenvalue weighted by Crippen LogP contribution is -2.11. The first-order chi connectivity index (χ1) is 11.8. The van der Waals surface area contributed by atoms with E-state index in [1.807, 2.05) is 0 Å². The number of carbonyl (C=O) groups excluding carboxylic acids is 2. The van der Waals surface area contributed by atoms with Gasteiger partial charge in [0.05, 0.1) is 12.1 Å². The van der Waals surface area contributed by atoms with Gasteiger partial charge in [-0.05, 0) is 36.4 Å². The normalized spacial score (nSPS) is 10.8. The van der Waals surface area contributed by atoms with Gasteiger partial charge in [-0.2, -0.15) is 8.42 Å². The van der Waals surface area contributed by atoms with Crippen molar-refractivity contribution >= 4 is 39.6 Å². The molecule has 9 heteroatoms. The summed E-state index contributed by atoms with van der Waals surface area (Å²) in [6, 6.07) is 7.98. The minimum Gasteiger partial charge on any atom is -0.493 e. The monoisotopic (exact) mass is 383 g/mol. The Morgan fingerprint density at radius 1 is 1.20 bits per heavy atom. The van der Waals surface area contributed by atoms with Crippen molar-refractivity contribution in [3.05, 3.63) is 47.0 Å². The van der Waals surface area contributed by atoms with Crippen LogP contribution in [0.25, 0.3) is 0 Å². The highest BCUT2D eigenvalue weighted by Crippen LogP contribution is 2.38. The number of ether oxygens (including phenoxy) is 1. The summed E-state index contributed by atoms with van der Waals surface area (Å²) in [5.41, 5.74) is 0.656. The lowest BCUT2D eigenvalue weighted by atomic mass is 10.2. The van der Waals surface area contributed by atoms with E-state index in [0.29, 0.717) is 12.0 Å². The summed E-state index contributed by atoms with van der Waals surface area (Å²) in [5.74, 6) is -0.493. The molecule has 2 aromatic rings. The van der Waals surface area contributed by atoms with Crippen LogP contribution in [0, 0.1) is 0 Å². The highest BCUT2D eigenvalue weighted by Gasteiger charge is 2.22. The number of benzene rings is 2. The zero-order valence-corrected chi connectivity index (χ0v) is 14.8. The topological polar surface area (TPSA) is 98.8 Å². The Hall–Kier alpha value is -2.58. The Balaban J connectivity index is 2.35. The third-order valence-corrected chi connectivity index (χ3v) is 4.56. The molecule has 0 aliphatic carbocycles. The molecule has 0 aliphatic heterocycles. The maximum atomic E-state index is 12.4. The summed E-state index contributed by atoms with van der Waals surface area (Å²) in [4.78, 5) is 21.7. The second-order valence-corrected chi connectivity index (χ2v) is 6.85. The summed E-state index contributed by atoms with van der Waals surface area (Å²) in [7, 11) is -2.91. The van der Waals surface area contributed by atoms with Crippen LogP contribution in [-0.2, 0) is 14.9 Å². The number of hydrogen-bond donors (Lipinski definition) is 1. The van der Waals surface area contributed by atoms with Gasteiger partial charge in [0.15, 0.2) is 5.75 Å². The number of amides is 1. The molecule has 0 spiro atoms. The Bertz CT molecular complexity index is 909. The maximum Gasteiger partial charge on any atom is 0.339 e. The molecule has 0 radical (unpaired) electrons. The molecule has 132 valence electrons. The number of methoxy groups -OCH3 is 1. The first kappa shape index (κ1) is 18.8. The molecule has 2 rings (SSSR count). The van der Waals surface area contributed by atoms with Crippen molar-refractivity contribution < 1.29 is 26.9 Å². The van der Waals surface area contributed by atoms with Crippen molar-refractivity contribution in [3.63, 3.8) is 0 Å². The molecule has 0 heterocycles. The first-order valence-electron chi connectivity index (χ1n) is 6.91. The summed E-state index contributed by atoms with van der Waals surface area (Å²) < 4.78 is 34.9. The highest BCUT2D eigenvalue weighted by molar-refractivity contribution is 7.87. The fourth-order valence-electron chi connectivity index (χ4n) is 1.95. The fraction of sp³-hybridized carbons (Fsp3) is 0.125. The van der Waals surface area contributed by atoms with Gasteiger partial charge < -0.3 is 14.2 Å². The van der Waals surface area contributed by atoms with Crippen LogP contribution in [0.5, 0.6) is 11.5 Å². The number of anilines is 1. The van der Waals surface area contributed by atoms with Crippen molar-refractivity contribution in [1.29, 1.82) is 0 Å². The quantitative estimate of drug-likeness (QED) is 0.608. The zero-order valence-electron chi connectivity index (χ0n) is 13.3. The van der Waals surface area contributed by atoms with E-state index in [9.17, 15) is 18.0 Å². The molecule has 2 aromatic carbocycles. The highest BCUT2D eigenvalue weighted by atomic mass is 35.5. The number of rotatable bonds is 6. The van der Waals surface area contributed by atoms with Gasteiger partial charge in [0, 0.05) is 18.2 Å². The number of halogens is 1.